The topological polar surface area (TPSA) is 93.2 Å². The van der Waals surface area contributed by atoms with E-state index in [1.54, 1.807) is 35.2 Å². The fourth-order valence-corrected chi connectivity index (χ4v) is 4.35. The number of hydrogen-bond acceptors (Lipinski definition) is 5. The van der Waals surface area contributed by atoms with Crippen LogP contribution in [0.3, 0.4) is 0 Å². The maximum absolute atomic E-state index is 15.0. The van der Waals surface area contributed by atoms with E-state index in [1.807, 2.05) is 13.1 Å². The molecule has 1 aliphatic carbocycles. The third-order valence-electron chi connectivity index (χ3n) is 6.07. The van der Waals surface area contributed by atoms with Gasteiger partial charge in [-0.05, 0) is 43.3 Å². The van der Waals surface area contributed by atoms with E-state index in [0.29, 0.717) is 42.4 Å². The van der Waals surface area contributed by atoms with Crippen LogP contribution in [-0.2, 0) is 6.54 Å². The highest BCUT2D eigenvalue weighted by Gasteiger charge is 2.36. The maximum Gasteiger partial charge on any atom is 0.328 e. The SMILES string of the molecule is CCn1cc(C2C=CC(F)=C(N3CCN(c4ccc(F)cc4)C3=O)C2)c(-c2ccnc(N)n2)n1. The first-order valence-corrected chi connectivity index (χ1v) is 11.0. The summed E-state index contributed by atoms with van der Waals surface area (Å²) >= 11 is 0. The number of allylic oxidation sites excluding steroid dienone is 4. The molecule has 1 aliphatic heterocycles. The fourth-order valence-electron chi connectivity index (χ4n) is 4.35. The molecule has 1 atom stereocenters. The number of anilines is 2. The summed E-state index contributed by atoms with van der Waals surface area (Å²) in [5.74, 6) is -0.895. The highest BCUT2D eigenvalue weighted by atomic mass is 19.1. The van der Waals surface area contributed by atoms with Crippen molar-refractivity contribution < 1.29 is 13.6 Å². The molecule has 5 rings (SSSR count). The van der Waals surface area contributed by atoms with E-state index in [9.17, 15) is 13.6 Å². The molecule has 0 spiro atoms. The summed E-state index contributed by atoms with van der Waals surface area (Å²) in [5, 5.41) is 4.64. The van der Waals surface area contributed by atoms with Gasteiger partial charge in [-0.2, -0.15) is 5.10 Å². The summed E-state index contributed by atoms with van der Waals surface area (Å²) < 4.78 is 30.1. The van der Waals surface area contributed by atoms with E-state index in [-0.39, 0.29) is 30.1 Å². The van der Waals surface area contributed by atoms with Crippen LogP contribution in [0.4, 0.5) is 25.2 Å². The van der Waals surface area contributed by atoms with Gasteiger partial charge in [0.25, 0.3) is 0 Å². The van der Waals surface area contributed by atoms with Gasteiger partial charge in [-0.1, -0.05) is 6.08 Å². The Kier molecular flexibility index (Phi) is 5.56. The number of benzene rings is 1. The zero-order valence-electron chi connectivity index (χ0n) is 18.5. The number of urea groups is 1. The van der Waals surface area contributed by atoms with E-state index < -0.39 is 5.83 Å². The minimum absolute atomic E-state index is 0.142. The number of rotatable bonds is 5. The van der Waals surface area contributed by atoms with Crippen LogP contribution in [0.5, 0.6) is 0 Å². The summed E-state index contributed by atoms with van der Waals surface area (Å²) in [6, 6.07) is 7.10. The molecule has 1 aromatic carbocycles. The number of amides is 2. The molecule has 1 unspecified atom stereocenters. The zero-order chi connectivity index (χ0) is 23.8. The van der Waals surface area contributed by atoms with E-state index in [2.05, 4.69) is 15.1 Å². The minimum atomic E-state index is -0.443. The Labute approximate surface area is 195 Å². The number of hydrogen-bond donors (Lipinski definition) is 1. The third-order valence-corrected chi connectivity index (χ3v) is 6.07. The molecule has 3 heterocycles. The molecule has 174 valence electrons. The predicted octanol–water partition coefficient (Wildman–Crippen LogP) is 4.25. The molecular weight excluding hydrogens is 440 g/mol. The first kappa shape index (κ1) is 21.7. The molecule has 0 radical (unpaired) electrons. The molecule has 2 amide bonds. The number of nitrogens with zero attached hydrogens (tertiary/aromatic N) is 6. The van der Waals surface area contributed by atoms with Crippen LogP contribution in [0.2, 0.25) is 0 Å². The Morgan fingerprint density at radius 2 is 1.88 bits per heavy atom. The monoisotopic (exact) mass is 463 g/mol. The number of nitrogen functional groups attached to an aromatic ring is 1. The Bertz CT molecular complexity index is 1300. The molecule has 34 heavy (non-hydrogen) atoms. The van der Waals surface area contributed by atoms with Crippen LogP contribution in [0.25, 0.3) is 11.4 Å². The molecule has 1 fully saturated rings. The number of aryl methyl sites for hydroxylation is 1. The maximum atomic E-state index is 15.0. The van der Waals surface area contributed by atoms with Gasteiger partial charge in [-0.3, -0.25) is 14.5 Å². The van der Waals surface area contributed by atoms with Gasteiger partial charge in [-0.25, -0.2) is 23.5 Å². The lowest BCUT2D eigenvalue weighted by Gasteiger charge is -2.26. The van der Waals surface area contributed by atoms with Crippen LogP contribution >= 0.6 is 0 Å². The lowest BCUT2D eigenvalue weighted by atomic mass is 9.89. The second-order valence-electron chi connectivity index (χ2n) is 8.12. The summed E-state index contributed by atoms with van der Waals surface area (Å²) in [6.07, 6.45) is 6.95. The Balaban J connectivity index is 1.43. The van der Waals surface area contributed by atoms with Gasteiger partial charge in [0.15, 0.2) is 0 Å². The quantitative estimate of drug-likeness (QED) is 0.611. The highest BCUT2D eigenvalue weighted by molar-refractivity contribution is 5.95. The smallest absolute Gasteiger partial charge is 0.328 e. The summed E-state index contributed by atoms with van der Waals surface area (Å²) in [5.41, 5.74) is 8.76. The molecule has 2 aromatic heterocycles. The zero-order valence-corrected chi connectivity index (χ0v) is 18.5. The van der Waals surface area contributed by atoms with Gasteiger partial charge in [0.05, 0.1) is 11.4 Å². The lowest BCUT2D eigenvalue weighted by Crippen LogP contribution is -2.32. The molecule has 2 N–H and O–H groups in total. The summed E-state index contributed by atoms with van der Waals surface area (Å²) in [4.78, 5) is 24.4. The fraction of sp³-hybridized carbons (Fsp3) is 0.250. The van der Waals surface area contributed by atoms with Crippen molar-refractivity contribution in [2.24, 2.45) is 0 Å². The molecule has 0 saturated carbocycles. The number of carbonyl (C=O) groups is 1. The first-order valence-electron chi connectivity index (χ1n) is 11.0. The van der Waals surface area contributed by atoms with Crippen molar-refractivity contribution in [1.29, 1.82) is 0 Å². The van der Waals surface area contributed by atoms with Crippen LogP contribution in [0.1, 0.15) is 24.8 Å². The average molecular weight is 463 g/mol. The normalized spacial score (nSPS) is 18.3. The van der Waals surface area contributed by atoms with Crippen LogP contribution in [0, 0.1) is 5.82 Å². The van der Waals surface area contributed by atoms with Crippen molar-refractivity contribution in [3.63, 3.8) is 0 Å². The first-order chi connectivity index (χ1) is 16.4. The van der Waals surface area contributed by atoms with Crippen LogP contribution in [-0.4, -0.2) is 43.8 Å². The highest BCUT2D eigenvalue weighted by Crippen LogP contribution is 2.39. The number of halogens is 2. The van der Waals surface area contributed by atoms with Crippen molar-refractivity contribution >= 4 is 17.7 Å². The molecule has 2 aliphatic rings. The molecule has 10 heteroatoms. The number of carbonyl (C=O) groups excluding carboxylic acids is 1. The van der Waals surface area contributed by atoms with Crippen molar-refractivity contribution in [3.05, 3.63) is 77.8 Å². The second kappa shape index (κ2) is 8.69. The third kappa shape index (κ3) is 3.91. The average Bonchev–Trinajstić information content (AvgIpc) is 3.44. The van der Waals surface area contributed by atoms with Gasteiger partial charge in [-0.15, -0.1) is 0 Å². The summed E-state index contributed by atoms with van der Waals surface area (Å²) in [6.45, 7) is 3.35. The molecule has 1 saturated heterocycles. The van der Waals surface area contributed by atoms with E-state index in [0.717, 1.165) is 5.56 Å². The lowest BCUT2D eigenvalue weighted by molar-refractivity contribution is 0.228. The van der Waals surface area contributed by atoms with Crippen LogP contribution in [0.15, 0.2) is 66.4 Å². The number of aromatic nitrogens is 4. The number of nitrogens with two attached hydrogens (primary N) is 1. The van der Waals surface area contributed by atoms with Crippen LogP contribution < -0.4 is 10.6 Å². The Morgan fingerprint density at radius 3 is 2.62 bits per heavy atom. The van der Waals surface area contributed by atoms with Gasteiger partial charge in [0.2, 0.25) is 5.95 Å². The Morgan fingerprint density at radius 1 is 1.12 bits per heavy atom. The van der Waals surface area contributed by atoms with Gasteiger partial charge in [0, 0.05) is 55.6 Å². The molecular formula is C24H23F2N7O. The standard InChI is InChI=1S/C24H23F2N7O/c1-2-31-14-18(22(30-31)20-9-10-28-23(27)29-20)15-3-8-19(26)21(13-15)33-12-11-32(24(33)34)17-6-4-16(25)5-7-17/h3-10,14-15H,2,11-13H2,1H3,(H2,27,28,29). The van der Waals surface area contributed by atoms with Crippen molar-refractivity contribution in [3.8, 4) is 11.4 Å². The van der Waals surface area contributed by atoms with Crippen molar-refractivity contribution in [2.45, 2.75) is 25.8 Å². The Hall–Kier alpha value is -4.08. The molecule has 3 aromatic rings. The van der Waals surface area contributed by atoms with Gasteiger partial charge < -0.3 is 5.73 Å². The van der Waals surface area contributed by atoms with Crippen molar-refractivity contribution in [2.75, 3.05) is 23.7 Å². The largest absolute Gasteiger partial charge is 0.368 e. The van der Waals surface area contributed by atoms with Gasteiger partial charge >= 0.3 is 6.03 Å². The minimum Gasteiger partial charge on any atom is -0.368 e. The van der Waals surface area contributed by atoms with Crippen molar-refractivity contribution in [1.82, 2.24) is 24.6 Å². The van der Waals surface area contributed by atoms with E-state index in [4.69, 9.17) is 5.73 Å². The van der Waals surface area contributed by atoms with E-state index >= 15 is 0 Å². The second-order valence-corrected chi connectivity index (χ2v) is 8.12. The summed E-state index contributed by atoms with van der Waals surface area (Å²) in [7, 11) is 0. The molecule has 0 bridgehead atoms. The van der Waals surface area contributed by atoms with Gasteiger partial charge in [0.1, 0.15) is 17.3 Å². The predicted molar refractivity (Wildman–Crippen MR) is 124 cm³/mol. The molecule has 8 nitrogen and oxygen atoms in total. The van der Waals surface area contributed by atoms with E-state index in [1.165, 1.54) is 28.0 Å².